The number of aromatic nitrogens is 1. The number of halogens is 1. The molecule has 1 saturated heterocycles. The van der Waals surface area contributed by atoms with Crippen LogP contribution in [0.15, 0.2) is 84.6 Å². The molecule has 0 saturated carbocycles. The van der Waals surface area contributed by atoms with E-state index in [9.17, 15) is 18.8 Å². The highest BCUT2D eigenvalue weighted by Gasteiger charge is 2.34. The molecule has 0 unspecified atom stereocenters. The molecule has 5 rings (SSSR count). The monoisotopic (exact) mass is 499 g/mol. The van der Waals surface area contributed by atoms with E-state index in [1.54, 1.807) is 12.1 Å². The highest BCUT2D eigenvalue weighted by atomic mass is 32.1. The van der Waals surface area contributed by atoms with Crippen molar-refractivity contribution in [1.82, 2.24) is 9.88 Å². The van der Waals surface area contributed by atoms with E-state index in [0.717, 1.165) is 21.4 Å². The Hall–Kier alpha value is -4.63. The second kappa shape index (κ2) is 9.20. The number of benzene rings is 3. The molecule has 2 heterocycles. The summed E-state index contributed by atoms with van der Waals surface area (Å²) in [5, 5.41) is 12.4. The van der Waals surface area contributed by atoms with Crippen LogP contribution in [0, 0.1) is 5.82 Å². The normalized spacial score (nSPS) is 15.0. The van der Waals surface area contributed by atoms with Gasteiger partial charge in [0.25, 0.3) is 11.8 Å². The molecule has 0 spiro atoms. The minimum Gasteiger partial charge on any atom is -0.478 e. The third-order valence-corrected chi connectivity index (χ3v) is 6.14. The van der Waals surface area contributed by atoms with Crippen molar-refractivity contribution in [1.29, 1.82) is 0 Å². The number of nitrogens with one attached hydrogen (secondary N) is 1. The summed E-state index contributed by atoms with van der Waals surface area (Å²) < 4.78 is 15.3. The van der Waals surface area contributed by atoms with Crippen molar-refractivity contribution in [3.8, 4) is 0 Å². The molecule has 7 nitrogen and oxygen atoms in total. The lowest BCUT2D eigenvalue weighted by molar-refractivity contribution is -0.122. The number of carbonyl (C=O) groups is 3. The van der Waals surface area contributed by atoms with Gasteiger partial charge in [-0.3, -0.25) is 19.8 Å². The fourth-order valence-electron chi connectivity index (χ4n) is 4.11. The first kappa shape index (κ1) is 23.1. The second-order valence-corrected chi connectivity index (χ2v) is 8.55. The number of carboxylic acid groups (broad SMARTS) is 1. The van der Waals surface area contributed by atoms with Crippen molar-refractivity contribution in [3.63, 3.8) is 0 Å². The number of anilines is 1. The number of aromatic carboxylic acids is 1. The third kappa shape index (κ3) is 4.27. The molecular formula is C27H18FN3O4S. The molecule has 0 atom stereocenters. The van der Waals surface area contributed by atoms with Gasteiger partial charge in [-0.25, -0.2) is 9.18 Å². The van der Waals surface area contributed by atoms with Gasteiger partial charge in [-0.2, -0.15) is 0 Å². The molecule has 0 bridgehead atoms. The number of fused-ring (bicyclic) bond motifs is 1. The zero-order chi connectivity index (χ0) is 25.4. The van der Waals surface area contributed by atoms with Gasteiger partial charge in [0, 0.05) is 29.2 Å². The zero-order valence-corrected chi connectivity index (χ0v) is 19.5. The summed E-state index contributed by atoms with van der Waals surface area (Å²) in [6, 6.07) is 19.4. The molecular weight excluding hydrogens is 481 g/mol. The molecule has 2 amide bonds. The van der Waals surface area contributed by atoms with Crippen LogP contribution >= 0.6 is 12.2 Å². The van der Waals surface area contributed by atoms with Gasteiger partial charge < -0.3 is 9.67 Å². The van der Waals surface area contributed by atoms with Gasteiger partial charge in [0.2, 0.25) is 0 Å². The maximum atomic E-state index is 13.4. The lowest BCUT2D eigenvalue weighted by Crippen LogP contribution is -2.54. The summed E-state index contributed by atoms with van der Waals surface area (Å²) in [5.74, 6) is -2.66. The topological polar surface area (TPSA) is 91.6 Å². The van der Waals surface area contributed by atoms with Crippen LogP contribution in [-0.4, -0.2) is 32.6 Å². The molecule has 3 aromatic carbocycles. The summed E-state index contributed by atoms with van der Waals surface area (Å²) in [4.78, 5) is 38.5. The number of rotatable bonds is 5. The molecule has 0 radical (unpaired) electrons. The Morgan fingerprint density at radius 2 is 1.69 bits per heavy atom. The quantitative estimate of drug-likeness (QED) is 0.242. The van der Waals surface area contributed by atoms with Crippen LogP contribution in [0.3, 0.4) is 0 Å². The number of carboxylic acids is 1. The van der Waals surface area contributed by atoms with Gasteiger partial charge in [-0.1, -0.05) is 30.3 Å². The first-order chi connectivity index (χ1) is 17.3. The Labute approximate surface area is 210 Å². The van der Waals surface area contributed by atoms with E-state index in [1.807, 2.05) is 35.0 Å². The van der Waals surface area contributed by atoms with Crippen LogP contribution in [0.1, 0.15) is 21.5 Å². The first-order valence-electron chi connectivity index (χ1n) is 10.9. The fourth-order valence-corrected chi connectivity index (χ4v) is 4.39. The van der Waals surface area contributed by atoms with Crippen molar-refractivity contribution in [2.24, 2.45) is 0 Å². The minimum atomic E-state index is -1.10. The molecule has 1 aliphatic rings. The van der Waals surface area contributed by atoms with E-state index in [-0.39, 0.29) is 22.1 Å². The zero-order valence-electron chi connectivity index (χ0n) is 18.6. The summed E-state index contributed by atoms with van der Waals surface area (Å²) in [6.07, 6.45) is 3.35. The largest absolute Gasteiger partial charge is 0.478 e. The van der Waals surface area contributed by atoms with Crippen LogP contribution in [0.25, 0.3) is 17.0 Å². The van der Waals surface area contributed by atoms with E-state index in [1.165, 1.54) is 42.5 Å². The SMILES string of the molecule is O=C1NC(=S)N(c2ccc(C(=O)O)cc2)C(=O)/C1=C/c1cn(Cc2ccc(F)cc2)c2ccccc12. The van der Waals surface area contributed by atoms with Gasteiger partial charge in [-0.15, -0.1) is 0 Å². The van der Waals surface area contributed by atoms with Gasteiger partial charge in [-0.05, 0) is 66.3 Å². The molecule has 9 heteroatoms. The Bertz CT molecular complexity index is 1570. The Morgan fingerprint density at radius 3 is 2.39 bits per heavy atom. The predicted octanol–water partition coefficient (Wildman–Crippen LogP) is 4.36. The number of hydrogen-bond donors (Lipinski definition) is 2. The van der Waals surface area contributed by atoms with Gasteiger partial charge in [0.1, 0.15) is 11.4 Å². The van der Waals surface area contributed by atoms with Crippen molar-refractivity contribution in [3.05, 3.63) is 107 Å². The molecule has 2 N–H and O–H groups in total. The van der Waals surface area contributed by atoms with Gasteiger partial charge >= 0.3 is 5.97 Å². The summed E-state index contributed by atoms with van der Waals surface area (Å²) >= 11 is 5.23. The van der Waals surface area contributed by atoms with Crippen LogP contribution < -0.4 is 10.2 Å². The minimum absolute atomic E-state index is 0.0582. The van der Waals surface area contributed by atoms with E-state index < -0.39 is 17.8 Å². The molecule has 1 aromatic heterocycles. The summed E-state index contributed by atoms with van der Waals surface area (Å²) in [5.41, 5.74) is 2.71. The summed E-state index contributed by atoms with van der Waals surface area (Å²) in [7, 11) is 0. The molecule has 1 fully saturated rings. The van der Waals surface area contributed by atoms with E-state index in [0.29, 0.717) is 17.8 Å². The number of hydrogen-bond acceptors (Lipinski definition) is 4. The molecule has 0 aliphatic carbocycles. The second-order valence-electron chi connectivity index (χ2n) is 8.17. The number of para-hydroxylation sites is 1. The lowest BCUT2D eigenvalue weighted by atomic mass is 10.1. The highest BCUT2D eigenvalue weighted by molar-refractivity contribution is 7.80. The van der Waals surface area contributed by atoms with Crippen molar-refractivity contribution in [2.75, 3.05) is 4.90 Å². The average molecular weight is 500 g/mol. The Balaban J connectivity index is 1.53. The molecule has 1 aliphatic heterocycles. The molecule has 178 valence electrons. The van der Waals surface area contributed by atoms with Crippen LogP contribution in [0.5, 0.6) is 0 Å². The first-order valence-corrected chi connectivity index (χ1v) is 11.3. The smallest absolute Gasteiger partial charge is 0.335 e. The predicted molar refractivity (Wildman–Crippen MR) is 137 cm³/mol. The van der Waals surface area contributed by atoms with Crippen LogP contribution in [0.4, 0.5) is 10.1 Å². The Kier molecular flexibility index (Phi) is 5.91. The van der Waals surface area contributed by atoms with Crippen LogP contribution in [0.2, 0.25) is 0 Å². The average Bonchev–Trinajstić information content (AvgIpc) is 3.20. The van der Waals surface area contributed by atoms with E-state index in [4.69, 9.17) is 17.3 Å². The molecule has 4 aromatic rings. The van der Waals surface area contributed by atoms with Crippen molar-refractivity contribution >= 4 is 57.8 Å². The lowest BCUT2D eigenvalue weighted by Gasteiger charge is -2.28. The fraction of sp³-hybridized carbons (Fsp3) is 0.0370. The number of nitrogens with zero attached hydrogens (tertiary/aromatic N) is 2. The summed E-state index contributed by atoms with van der Waals surface area (Å²) in [6.45, 7) is 0.468. The van der Waals surface area contributed by atoms with Crippen molar-refractivity contribution in [2.45, 2.75) is 6.54 Å². The standard InChI is InChI=1S/C27H18FN3O4S/c28-19-9-5-16(6-10-19)14-30-15-18(21-3-1-2-4-23(21)30)13-22-24(32)29-27(36)31(25(22)33)20-11-7-17(8-12-20)26(34)35/h1-13,15H,14H2,(H,34,35)(H,29,32,36)/b22-13+. The third-order valence-electron chi connectivity index (χ3n) is 5.86. The molecule has 36 heavy (non-hydrogen) atoms. The van der Waals surface area contributed by atoms with Gasteiger partial charge in [0.05, 0.1) is 11.3 Å². The number of amides is 2. The Morgan fingerprint density at radius 1 is 1.00 bits per heavy atom. The maximum Gasteiger partial charge on any atom is 0.335 e. The van der Waals surface area contributed by atoms with E-state index >= 15 is 0 Å². The highest BCUT2D eigenvalue weighted by Crippen LogP contribution is 2.27. The van der Waals surface area contributed by atoms with Crippen LogP contribution in [-0.2, 0) is 16.1 Å². The van der Waals surface area contributed by atoms with Gasteiger partial charge in [0.15, 0.2) is 5.11 Å². The number of carbonyl (C=O) groups excluding carboxylic acids is 2. The maximum absolute atomic E-state index is 13.4. The van der Waals surface area contributed by atoms with Crippen molar-refractivity contribution < 1.29 is 23.9 Å². The number of thiocarbonyl (C=S) groups is 1. The van der Waals surface area contributed by atoms with E-state index in [2.05, 4.69) is 5.32 Å².